The number of carbonyl (C=O) groups excluding carboxylic acids is 1. The molecule has 0 aromatic carbocycles. The molecule has 0 fully saturated rings. The van der Waals surface area contributed by atoms with E-state index in [-0.39, 0.29) is 19.1 Å². The SMILES string of the molecule is CCCCCCCCCCCC/C=C/CC/C=C/[C@@H](O)[C@H](COP(=O)([O-])OCC[N+](C)(C)C)NC(=O)CCCCCCCCCCCCCCCCCCCCC. The molecule has 0 radical (unpaired) electrons. The lowest BCUT2D eigenvalue weighted by Crippen LogP contribution is -2.45. The van der Waals surface area contributed by atoms with E-state index in [2.05, 4.69) is 31.3 Å². The van der Waals surface area contributed by atoms with Crippen molar-refractivity contribution in [1.82, 2.24) is 5.32 Å². The van der Waals surface area contributed by atoms with Crippen molar-refractivity contribution in [2.45, 2.75) is 238 Å². The van der Waals surface area contributed by atoms with Gasteiger partial charge >= 0.3 is 0 Å². The third kappa shape index (κ3) is 42.9. The summed E-state index contributed by atoms with van der Waals surface area (Å²) in [5.41, 5.74) is 0. The Morgan fingerprint density at radius 3 is 1.42 bits per heavy atom. The Labute approximate surface area is 354 Å². The number of nitrogens with zero attached hydrogens (tertiary/aromatic N) is 1. The summed E-state index contributed by atoms with van der Waals surface area (Å²) in [5, 5.41) is 13.8. The van der Waals surface area contributed by atoms with Crippen molar-refractivity contribution in [2.24, 2.45) is 0 Å². The maximum atomic E-state index is 12.9. The van der Waals surface area contributed by atoms with Gasteiger partial charge in [0.1, 0.15) is 13.2 Å². The van der Waals surface area contributed by atoms with Gasteiger partial charge in [0.05, 0.1) is 39.9 Å². The number of rotatable bonds is 44. The topological polar surface area (TPSA) is 108 Å². The van der Waals surface area contributed by atoms with Crippen LogP contribution in [0.3, 0.4) is 0 Å². The number of hydrogen-bond acceptors (Lipinski definition) is 6. The van der Waals surface area contributed by atoms with Crippen LogP contribution in [0.2, 0.25) is 0 Å². The van der Waals surface area contributed by atoms with E-state index in [1.165, 1.54) is 167 Å². The highest BCUT2D eigenvalue weighted by atomic mass is 31.2. The fourth-order valence-electron chi connectivity index (χ4n) is 7.05. The van der Waals surface area contributed by atoms with Gasteiger partial charge in [0.25, 0.3) is 7.82 Å². The van der Waals surface area contributed by atoms with Crippen LogP contribution >= 0.6 is 7.82 Å². The number of nitrogens with one attached hydrogen (secondary N) is 1. The van der Waals surface area contributed by atoms with E-state index in [0.29, 0.717) is 17.4 Å². The van der Waals surface area contributed by atoms with E-state index in [9.17, 15) is 19.4 Å². The molecule has 0 bridgehead atoms. The van der Waals surface area contributed by atoms with Crippen molar-refractivity contribution in [3.8, 4) is 0 Å². The van der Waals surface area contributed by atoms with Crippen LogP contribution in [0.4, 0.5) is 0 Å². The second kappa shape index (κ2) is 40.4. The fourth-order valence-corrected chi connectivity index (χ4v) is 7.77. The van der Waals surface area contributed by atoms with Gasteiger partial charge in [-0.25, -0.2) is 0 Å². The van der Waals surface area contributed by atoms with E-state index in [1.807, 2.05) is 27.2 Å². The molecule has 0 aliphatic rings. The molecule has 0 aromatic rings. The first-order chi connectivity index (χ1) is 27.5. The van der Waals surface area contributed by atoms with Crippen LogP contribution in [0, 0.1) is 0 Å². The maximum Gasteiger partial charge on any atom is 0.268 e. The van der Waals surface area contributed by atoms with Crippen molar-refractivity contribution in [1.29, 1.82) is 0 Å². The van der Waals surface area contributed by atoms with Crippen molar-refractivity contribution in [2.75, 3.05) is 40.9 Å². The normalized spacial score (nSPS) is 14.4. The number of hydrogen-bond donors (Lipinski definition) is 2. The third-order valence-corrected chi connectivity index (χ3v) is 11.9. The molecule has 0 heterocycles. The van der Waals surface area contributed by atoms with Gasteiger partial charge in [-0.2, -0.15) is 0 Å². The van der Waals surface area contributed by atoms with Crippen molar-refractivity contribution < 1.29 is 32.9 Å². The summed E-state index contributed by atoms with van der Waals surface area (Å²) in [6.45, 7) is 4.64. The molecular weight excluding hydrogens is 732 g/mol. The summed E-state index contributed by atoms with van der Waals surface area (Å²) < 4.78 is 23.2. The zero-order valence-electron chi connectivity index (χ0n) is 38.3. The molecule has 0 aromatic heterocycles. The van der Waals surface area contributed by atoms with Gasteiger partial charge in [0, 0.05) is 6.42 Å². The molecule has 8 nitrogen and oxygen atoms in total. The lowest BCUT2D eigenvalue weighted by atomic mass is 10.0. The molecule has 0 rings (SSSR count). The highest BCUT2D eigenvalue weighted by molar-refractivity contribution is 7.45. The van der Waals surface area contributed by atoms with Gasteiger partial charge < -0.3 is 28.8 Å². The number of phosphoric ester groups is 1. The van der Waals surface area contributed by atoms with E-state index in [4.69, 9.17) is 9.05 Å². The number of unbranched alkanes of at least 4 members (excludes halogenated alkanes) is 29. The monoisotopic (exact) mass is 827 g/mol. The lowest BCUT2D eigenvalue weighted by molar-refractivity contribution is -0.870. The molecule has 1 unspecified atom stereocenters. The van der Waals surface area contributed by atoms with E-state index in [1.54, 1.807) is 6.08 Å². The number of quaternary nitrogens is 1. The molecule has 2 N–H and O–H groups in total. The molecule has 1 amide bonds. The first kappa shape index (κ1) is 56.0. The summed E-state index contributed by atoms with van der Waals surface area (Å²) in [5.74, 6) is -0.204. The summed E-state index contributed by atoms with van der Waals surface area (Å²) in [6.07, 6.45) is 48.0. The minimum Gasteiger partial charge on any atom is -0.756 e. The smallest absolute Gasteiger partial charge is 0.268 e. The number of phosphoric acid groups is 1. The number of amides is 1. The van der Waals surface area contributed by atoms with Crippen LogP contribution in [-0.4, -0.2) is 68.5 Å². The molecule has 0 aliphatic heterocycles. The van der Waals surface area contributed by atoms with Crippen LogP contribution < -0.4 is 10.2 Å². The number of likely N-dealkylation sites (N-methyl/N-ethyl adjacent to an activating group) is 1. The van der Waals surface area contributed by atoms with E-state index >= 15 is 0 Å². The molecule has 338 valence electrons. The average molecular weight is 827 g/mol. The van der Waals surface area contributed by atoms with E-state index < -0.39 is 20.0 Å². The minimum atomic E-state index is -4.59. The van der Waals surface area contributed by atoms with Gasteiger partial charge in [0.15, 0.2) is 0 Å². The third-order valence-electron chi connectivity index (χ3n) is 10.9. The lowest BCUT2D eigenvalue weighted by Gasteiger charge is -2.29. The molecular formula is C48H95N2O6P. The molecule has 0 spiro atoms. The summed E-state index contributed by atoms with van der Waals surface area (Å²) in [7, 11) is 1.25. The Kier molecular flexibility index (Phi) is 39.7. The molecule has 0 aliphatic carbocycles. The van der Waals surface area contributed by atoms with Gasteiger partial charge in [0.2, 0.25) is 5.91 Å². The van der Waals surface area contributed by atoms with Gasteiger partial charge in [-0.15, -0.1) is 0 Å². The number of allylic oxidation sites excluding steroid dienone is 3. The van der Waals surface area contributed by atoms with Crippen LogP contribution in [0.15, 0.2) is 24.3 Å². The highest BCUT2D eigenvalue weighted by Crippen LogP contribution is 2.38. The van der Waals surface area contributed by atoms with Gasteiger partial charge in [-0.05, 0) is 32.1 Å². The first-order valence-corrected chi connectivity index (χ1v) is 25.7. The number of carbonyl (C=O) groups is 1. The van der Waals surface area contributed by atoms with Crippen LogP contribution in [-0.2, 0) is 18.4 Å². The largest absolute Gasteiger partial charge is 0.756 e. The van der Waals surface area contributed by atoms with Gasteiger partial charge in [-0.3, -0.25) is 9.36 Å². The summed E-state index contributed by atoms with van der Waals surface area (Å²) in [6, 6.07) is -0.898. The zero-order chi connectivity index (χ0) is 42.1. The second-order valence-electron chi connectivity index (χ2n) is 17.8. The van der Waals surface area contributed by atoms with Crippen LogP contribution in [0.1, 0.15) is 226 Å². The quantitative estimate of drug-likeness (QED) is 0.0274. The van der Waals surface area contributed by atoms with Crippen LogP contribution in [0.5, 0.6) is 0 Å². The Balaban J connectivity index is 4.37. The second-order valence-corrected chi connectivity index (χ2v) is 19.2. The van der Waals surface area contributed by atoms with Crippen molar-refractivity contribution in [3.05, 3.63) is 24.3 Å². The maximum absolute atomic E-state index is 12.9. The number of aliphatic hydroxyl groups excluding tert-OH is 1. The number of aliphatic hydroxyl groups is 1. The Morgan fingerprint density at radius 2 is 0.982 bits per heavy atom. The Morgan fingerprint density at radius 1 is 0.596 bits per heavy atom. The van der Waals surface area contributed by atoms with Crippen molar-refractivity contribution in [3.63, 3.8) is 0 Å². The predicted molar refractivity (Wildman–Crippen MR) is 242 cm³/mol. The standard InChI is InChI=1S/C48H95N2O6P/c1-6-8-10-12-14-16-18-20-22-24-25-26-28-30-32-34-36-38-40-42-48(52)49-46(45-56-57(53,54)55-44-43-50(3,4)5)47(51)41-39-37-35-33-31-29-27-23-21-19-17-15-13-11-9-7-2/h31,33,39,41,46-47,51H,6-30,32,34-38,40,42-45H2,1-5H3,(H-,49,52,53,54)/b33-31+,41-39+/t46-,47+/m0/s1. The van der Waals surface area contributed by atoms with Crippen molar-refractivity contribution >= 4 is 13.7 Å². The minimum absolute atomic E-state index is 0.00410. The Hall–Kier alpha value is -1.02. The molecule has 9 heteroatoms. The highest BCUT2D eigenvalue weighted by Gasteiger charge is 2.23. The molecule has 57 heavy (non-hydrogen) atoms. The molecule has 3 atom stereocenters. The summed E-state index contributed by atoms with van der Waals surface area (Å²) >= 11 is 0. The zero-order valence-corrected chi connectivity index (χ0v) is 39.2. The Bertz CT molecular complexity index is 984. The molecule has 0 saturated carbocycles. The summed E-state index contributed by atoms with van der Waals surface area (Å²) in [4.78, 5) is 25.3. The molecule has 0 saturated heterocycles. The van der Waals surface area contributed by atoms with E-state index in [0.717, 1.165) is 38.5 Å². The van der Waals surface area contributed by atoms with Gasteiger partial charge in [-0.1, -0.05) is 212 Å². The first-order valence-electron chi connectivity index (χ1n) is 24.2. The average Bonchev–Trinajstić information content (AvgIpc) is 3.16. The predicted octanol–water partition coefficient (Wildman–Crippen LogP) is 13.1. The van der Waals surface area contributed by atoms with Crippen LogP contribution in [0.25, 0.3) is 0 Å². The fraction of sp³-hybridized carbons (Fsp3) is 0.896.